The second kappa shape index (κ2) is 6.75. The van der Waals surface area contributed by atoms with Crippen LogP contribution in [-0.4, -0.2) is 24.1 Å². The first-order chi connectivity index (χ1) is 12.6. The summed E-state index contributed by atoms with van der Waals surface area (Å²) >= 11 is 0. The minimum Gasteiger partial charge on any atom is -0.454 e. The first-order valence-corrected chi connectivity index (χ1v) is 8.76. The molecule has 0 saturated heterocycles. The fourth-order valence-corrected chi connectivity index (χ4v) is 3.16. The van der Waals surface area contributed by atoms with Crippen molar-refractivity contribution in [3.05, 3.63) is 59.9 Å². The number of carbonyl (C=O) groups is 1. The van der Waals surface area contributed by atoms with Gasteiger partial charge in [-0.3, -0.25) is 4.79 Å². The number of fused-ring (bicyclic) bond motifs is 2. The number of amides is 1. The monoisotopic (exact) mass is 351 g/mol. The molecule has 0 unspecified atom stereocenters. The Kier molecular flexibility index (Phi) is 4.29. The van der Waals surface area contributed by atoms with Crippen LogP contribution >= 0.6 is 0 Å². The number of rotatable bonds is 5. The highest BCUT2D eigenvalue weighted by Crippen LogP contribution is 2.33. The molecule has 5 heteroatoms. The topological polar surface area (TPSA) is 51.9 Å². The van der Waals surface area contributed by atoms with E-state index in [9.17, 15) is 4.79 Å². The zero-order valence-electron chi connectivity index (χ0n) is 14.9. The molecule has 1 aromatic heterocycles. The van der Waals surface area contributed by atoms with Gasteiger partial charge in [-0.25, -0.2) is 0 Å². The van der Waals surface area contributed by atoms with Gasteiger partial charge in [0.05, 0.1) is 0 Å². The third-order valence-electron chi connectivity index (χ3n) is 4.32. The second-order valence-electron chi connectivity index (χ2n) is 6.92. The van der Waals surface area contributed by atoms with E-state index >= 15 is 0 Å². The van der Waals surface area contributed by atoms with E-state index in [0.717, 1.165) is 28.0 Å². The van der Waals surface area contributed by atoms with Crippen LogP contribution in [0.15, 0.2) is 52.9 Å². The number of hydrogen-bond acceptors (Lipinski definition) is 4. The molecule has 0 fully saturated rings. The first-order valence-electron chi connectivity index (χ1n) is 8.76. The Labute approximate surface area is 152 Å². The predicted molar refractivity (Wildman–Crippen MR) is 98.4 cm³/mol. The van der Waals surface area contributed by atoms with Crippen LogP contribution < -0.4 is 9.47 Å². The normalized spacial score (nSPS) is 12.7. The van der Waals surface area contributed by atoms with Crippen molar-refractivity contribution in [2.24, 2.45) is 5.92 Å². The largest absolute Gasteiger partial charge is 0.454 e. The summed E-state index contributed by atoms with van der Waals surface area (Å²) < 4.78 is 16.6. The molecule has 0 N–H and O–H groups in total. The summed E-state index contributed by atoms with van der Waals surface area (Å²) in [5.74, 6) is 2.08. The van der Waals surface area contributed by atoms with E-state index in [1.807, 2.05) is 53.4 Å². The molecule has 4 rings (SSSR count). The quantitative estimate of drug-likeness (QED) is 0.681. The molecule has 1 aliphatic rings. The maximum absolute atomic E-state index is 13.1. The minimum absolute atomic E-state index is 0.104. The van der Waals surface area contributed by atoms with Crippen LogP contribution in [0, 0.1) is 5.92 Å². The van der Waals surface area contributed by atoms with Gasteiger partial charge in [0, 0.05) is 18.5 Å². The van der Waals surface area contributed by atoms with Crippen molar-refractivity contribution in [3.63, 3.8) is 0 Å². The number of hydrogen-bond donors (Lipinski definition) is 0. The van der Waals surface area contributed by atoms with Gasteiger partial charge in [0.15, 0.2) is 17.3 Å². The van der Waals surface area contributed by atoms with Crippen LogP contribution in [0.25, 0.3) is 11.0 Å². The standard InChI is InChI=1S/C21H21NO4/c1-14(2)11-22(12-15-7-8-18-19(9-15)25-13-24-18)21(23)20-10-16-5-3-4-6-17(16)26-20/h3-10,14H,11-13H2,1-2H3. The van der Waals surface area contributed by atoms with E-state index in [-0.39, 0.29) is 12.7 Å². The Balaban J connectivity index is 1.60. The third-order valence-corrected chi connectivity index (χ3v) is 4.32. The fourth-order valence-electron chi connectivity index (χ4n) is 3.16. The number of benzene rings is 2. The van der Waals surface area contributed by atoms with Gasteiger partial charge in [-0.15, -0.1) is 0 Å². The van der Waals surface area contributed by atoms with E-state index in [4.69, 9.17) is 13.9 Å². The van der Waals surface area contributed by atoms with Gasteiger partial charge < -0.3 is 18.8 Å². The average molecular weight is 351 g/mol. The van der Waals surface area contributed by atoms with Crippen molar-refractivity contribution in [2.45, 2.75) is 20.4 Å². The summed E-state index contributed by atoms with van der Waals surface area (Å²) in [6.07, 6.45) is 0. The van der Waals surface area contributed by atoms with Crippen LogP contribution in [0.2, 0.25) is 0 Å². The molecule has 2 aromatic carbocycles. The lowest BCUT2D eigenvalue weighted by Gasteiger charge is -2.24. The zero-order chi connectivity index (χ0) is 18.1. The van der Waals surface area contributed by atoms with Gasteiger partial charge in [-0.05, 0) is 35.7 Å². The Morgan fingerprint density at radius 2 is 1.88 bits per heavy atom. The highest BCUT2D eigenvalue weighted by atomic mass is 16.7. The molecule has 3 aromatic rings. The SMILES string of the molecule is CC(C)CN(Cc1ccc2c(c1)OCO2)C(=O)c1cc2ccccc2o1. The smallest absolute Gasteiger partial charge is 0.289 e. The van der Waals surface area contributed by atoms with Crippen LogP contribution in [0.1, 0.15) is 30.0 Å². The van der Waals surface area contributed by atoms with E-state index in [1.54, 1.807) is 0 Å². The lowest BCUT2D eigenvalue weighted by atomic mass is 10.1. The van der Waals surface area contributed by atoms with Crippen LogP contribution in [0.3, 0.4) is 0 Å². The predicted octanol–water partition coefficient (Wildman–Crippen LogP) is 4.46. The molecule has 1 amide bonds. The van der Waals surface area contributed by atoms with Crippen molar-refractivity contribution in [2.75, 3.05) is 13.3 Å². The Morgan fingerprint density at radius 3 is 2.69 bits per heavy atom. The molecule has 5 nitrogen and oxygen atoms in total. The summed E-state index contributed by atoms with van der Waals surface area (Å²) in [5.41, 5.74) is 1.72. The van der Waals surface area contributed by atoms with Crippen molar-refractivity contribution >= 4 is 16.9 Å². The molecule has 0 spiro atoms. The van der Waals surface area contributed by atoms with Gasteiger partial charge in [-0.2, -0.15) is 0 Å². The van der Waals surface area contributed by atoms with Crippen molar-refractivity contribution in [3.8, 4) is 11.5 Å². The van der Waals surface area contributed by atoms with Crippen molar-refractivity contribution in [1.82, 2.24) is 4.90 Å². The van der Waals surface area contributed by atoms with Crippen LogP contribution in [-0.2, 0) is 6.54 Å². The molecule has 0 bridgehead atoms. The van der Waals surface area contributed by atoms with E-state index in [1.165, 1.54) is 0 Å². The van der Waals surface area contributed by atoms with Crippen LogP contribution in [0.4, 0.5) is 0 Å². The third kappa shape index (κ3) is 3.25. The second-order valence-corrected chi connectivity index (χ2v) is 6.92. The summed E-state index contributed by atoms with van der Waals surface area (Å²) in [6, 6.07) is 15.2. The minimum atomic E-state index is -0.104. The van der Waals surface area contributed by atoms with Gasteiger partial charge in [0.2, 0.25) is 6.79 Å². The lowest BCUT2D eigenvalue weighted by molar-refractivity contribution is 0.0692. The maximum atomic E-state index is 13.1. The highest BCUT2D eigenvalue weighted by Gasteiger charge is 2.22. The van der Waals surface area contributed by atoms with E-state index < -0.39 is 0 Å². The van der Waals surface area contributed by atoms with Crippen molar-refractivity contribution < 1.29 is 18.7 Å². The number of nitrogens with zero attached hydrogens (tertiary/aromatic N) is 1. The van der Waals surface area contributed by atoms with Crippen LogP contribution in [0.5, 0.6) is 11.5 Å². The summed E-state index contributed by atoms with van der Waals surface area (Å²) in [5, 5.41) is 0.934. The van der Waals surface area contributed by atoms with E-state index in [2.05, 4.69) is 13.8 Å². The first kappa shape index (κ1) is 16.5. The van der Waals surface area contributed by atoms with Gasteiger partial charge >= 0.3 is 0 Å². The van der Waals surface area contributed by atoms with Gasteiger partial charge in [-0.1, -0.05) is 38.1 Å². The Bertz CT molecular complexity index is 911. The molecular weight excluding hydrogens is 330 g/mol. The summed E-state index contributed by atoms with van der Waals surface area (Å²) in [4.78, 5) is 14.9. The molecule has 0 aliphatic carbocycles. The highest BCUT2D eigenvalue weighted by molar-refractivity contribution is 5.96. The number of para-hydroxylation sites is 1. The molecule has 1 aliphatic heterocycles. The number of carbonyl (C=O) groups excluding carboxylic acids is 1. The Hall–Kier alpha value is -2.95. The number of ether oxygens (including phenoxy) is 2. The molecule has 0 saturated carbocycles. The molecule has 2 heterocycles. The summed E-state index contributed by atoms with van der Waals surface area (Å²) in [7, 11) is 0. The summed E-state index contributed by atoms with van der Waals surface area (Å²) in [6.45, 7) is 5.57. The average Bonchev–Trinajstić information content (AvgIpc) is 3.26. The van der Waals surface area contributed by atoms with Crippen molar-refractivity contribution in [1.29, 1.82) is 0 Å². The molecule has 134 valence electrons. The van der Waals surface area contributed by atoms with Gasteiger partial charge in [0.1, 0.15) is 5.58 Å². The fraction of sp³-hybridized carbons (Fsp3) is 0.286. The Morgan fingerprint density at radius 1 is 1.08 bits per heavy atom. The van der Waals surface area contributed by atoms with E-state index in [0.29, 0.717) is 24.8 Å². The molecule has 26 heavy (non-hydrogen) atoms. The molecule has 0 radical (unpaired) electrons. The lowest BCUT2D eigenvalue weighted by Crippen LogP contribution is -2.33. The van der Waals surface area contributed by atoms with Gasteiger partial charge in [0.25, 0.3) is 5.91 Å². The zero-order valence-corrected chi connectivity index (χ0v) is 14.9. The molecule has 0 atom stereocenters. The number of furan rings is 1. The molecular formula is C21H21NO4. The maximum Gasteiger partial charge on any atom is 0.289 e.